The number of ether oxygens (including phenoxy) is 1. The van der Waals surface area contributed by atoms with E-state index < -0.39 is 6.04 Å². The smallest absolute Gasteiger partial charge is 0.244 e. The molecule has 0 saturated carbocycles. The minimum atomic E-state index is -0.478. The molecule has 1 N–H and O–H groups in total. The van der Waals surface area contributed by atoms with Crippen LogP contribution in [-0.2, 0) is 9.59 Å². The fourth-order valence-electron chi connectivity index (χ4n) is 2.49. The molecule has 1 aromatic rings. The van der Waals surface area contributed by atoms with Crippen LogP contribution in [0.1, 0.15) is 37.8 Å². The van der Waals surface area contributed by atoms with E-state index >= 15 is 0 Å². The number of carbonyl (C=O) groups is 2. The molecule has 1 aromatic carbocycles. The summed E-state index contributed by atoms with van der Waals surface area (Å²) < 4.78 is 5.68. The maximum absolute atomic E-state index is 12.2. The van der Waals surface area contributed by atoms with Crippen LogP contribution >= 0.6 is 0 Å². The van der Waals surface area contributed by atoms with E-state index in [2.05, 4.69) is 5.32 Å². The fraction of sp³-hybridized carbons (Fsp3) is 0.579. The third-order valence-corrected chi connectivity index (χ3v) is 3.70. The van der Waals surface area contributed by atoms with Crippen LogP contribution < -0.4 is 10.1 Å². The van der Waals surface area contributed by atoms with E-state index in [0.29, 0.717) is 18.9 Å². The summed E-state index contributed by atoms with van der Waals surface area (Å²) in [5, 5.41) is 2.83. The molecule has 0 bridgehead atoms. The van der Waals surface area contributed by atoms with Crippen molar-refractivity contribution in [3.63, 3.8) is 0 Å². The summed E-state index contributed by atoms with van der Waals surface area (Å²) in [4.78, 5) is 25.8. The normalized spacial score (nSPS) is 12.0. The predicted molar refractivity (Wildman–Crippen MR) is 96.1 cm³/mol. The highest BCUT2D eigenvalue weighted by Gasteiger charge is 2.23. The van der Waals surface area contributed by atoms with Crippen LogP contribution in [0.15, 0.2) is 18.2 Å². The Balaban J connectivity index is 2.52. The summed E-state index contributed by atoms with van der Waals surface area (Å²) in [5.41, 5.74) is 2.23. The number of likely N-dealkylation sites (N-methyl/N-ethyl adjacent to an activating group) is 1. The second-order valence-electron chi connectivity index (χ2n) is 6.85. The summed E-state index contributed by atoms with van der Waals surface area (Å²) in [6.45, 7) is 8.37. The first kappa shape index (κ1) is 20.0. The minimum absolute atomic E-state index is 0.0765. The summed E-state index contributed by atoms with van der Waals surface area (Å²) in [6, 6.07) is 5.47. The van der Waals surface area contributed by atoms with Crippen molar-refractivity contribution in [3.8, 4) is 5.75 Å². The number of aryl methyl sites for hydroxylation is 2. The van der Waals surface area contributed by atoms with Crippen molar-refractivity contribution >= 4 is 11.8 Å². The average Bonchev–Trinajstić information content (AvgIpc) is 2.47. The van der Waals surface area contributed by atoms with Gasteiger partial charge in [0.25, 0.3) is 0 Å². The highest BCUT2D eigenvalue weighted by Crippen LogP contribution is 2.18. The van der Waals surface area contributed by atoms with Crippen LogP contribution in [0.5, 0.6) is 5.75 Å². The Hall–Kier alpha value is -2.04. The Labute approximate surface area is 145 Å². The Kier molecular flexibility index (Phi) is 7.75. The van der Waals surface area contributed by atoms with Gasteiger partial charge in [-0.15, -0.1) is 0 Å². The number of hydrogen-bond acceptors (Lipinski definition) is 3. The van der Waals surface area contributed by atoms with Crippen molar-refractivity contribution in [1.82, 2.24) is 10.2 Å². The molecule has 0 fully saturated rings. The third-order valence-electron chi connectivity index (χ3n) is 3.70. The SMILES string of the molecule is Cc1ccc(OCCC(=O)NC(CC(C)C)C(=O)N(C)C)c(C)c1. The lowest BCUT2D eigenvalue weighted by Gasteiger charge is -2.23. The van der Waals surface area contributed by atoms with Crippen molar-refractivity contribution in [3.05, 3.63) is 29.3 Å². The third kappa shape index (κ3) is 6.60. The number of rotatable bonds is 8. The molecule has 0 aliphatic heterocycles. The van der Waals surface area contributed by atoms with E-state index in [-0.39, 0.29) is 18.2 Å². The lowest BCUT2D eigenvalue weighted by atomic mass is 10.0. The van der Waals surface area contributed by atoms with Gasteiger partial charge in [-0.3, -0.25) is 9.59 Å². The highest BCUT2D eigenvalue weighted by atomic mass is 16.5. The zero-order valence-corrected chi connectivity index (χ0v) is 15.7. The zero-order valence-electron chi connectivity index (χ0n) is 15.7. The van der Waals surface area contributed by atoms with E-state index in [1.165, 1.54) is 10.5 Å². The van der Waals surface area contributed by atoms with E-state index in [4.69, 9.17) is 4.74 Å². The number of nitrogens with one attached hydrogen (secondary N) is 1. The van der Waals surface area contributed by atoms with Gasteiger partial charge in [0.15, 0.2) is 0 Å². The Morgan fingerprint density at radius 3 is 2.42 bits per heavy atom. The summed E-state index contributed by atoms with van der Waals surface area (Å²) in [5.74, 6) is 0.870. The summed E-state index contributed by atoms with van der Waals surface area (Å²) in [7, 11) is 3.40. The highest BCUT2D eigenvalue weighted by molar-refractivity contribution is 5.87. The van der Waals surface area contributed by atoms with Gasteiger partial charge in [-0.25, -0.2) is 0 Å². The molecule has 5 nitrogen and oxygen atoms in total. The molecular weight excluding hydrogens is 304 g/mol. The van der Waals surface area contributed by atoms with Crippen LogP contribution in [-0.4, -0.2) is 43.5 Å². The lowest BCUT2D eigenvalue weighted by molar-refractivity contribution is -0.135. The second kappa shape index (κ2) is 9.30. The van der Waals surface area contributed by atoms with Gasteiger partial charge in [0.2, 0.25) is 11.8 Å². The largest absolute Gasteiger partial charge is 0.493 e. The molecule has 0 aromatic heterocycles. The molecule has 0 spiro atoms. The van der Waals surface area contributed by atoms with Crippen LogP contribution in [0.4, 0.5) is 0 Å². The average molecular weight is 334 g/mol. The van der Waals surface area contributed by atoms with E-state index in [0.717, 1.165) is 11.3 Å². The first-order chi connectivity index (χ1) is 11.2. The number of benzene rings is 1. The van der Waals surface area contributed by atoms with Gasteiger partial charge in [0, 0.05) is 14.1 Å². The van der Waals surface area contributed by atoms with Gasteiger partial charge < -0.3 is 15.0 Å². The van der Waals surface area contributed by atoms with E-state index in [1.807, 2.05) is 45.9 Å². The quantitative estimate of drug-likeness (QED) is 0.795. The number of carbonyl (C=O) groups excluding carboxylic acids is 2. The number of amides is 2. The van der Waals surface area contributed by atoms with Crippen LogP contribution in [0.3, 0.4) is 0 Å². The van der Waals surface area contributed by atoms with Crippen molar-refractivity contribution < 1.29 is 14.3 Å². The standard InChI is InChI=1S/C19H30N2O3/c1-13(2)11-16(19(23)21(5)6)20-18(22)9-10-24-17-8-7-14(3)12-15(17)4/h7-8,12-13,16H,9-11H2,1-6H3,(H,20,22). The Morgan fingerprint density at radius 1 is 1.21 bits per heavy atom. The molecule has 2 amide bonds. The molecule has 1 atom stereocenters. The van der Waals surface area contributed by atoms with Gasteiger partial charge in [0.1, 0.15) is 11.8 Å². The molecule has 1 rings (SSSR count). The molecule has 0 saturated heterocycles. The van der Waals surface area contributed by atoms with E-state index in [9.17, 15) is 9.59 Å². The maximum Gasteiger partial charge on any atom is 0.244 e. The zero-order chi connectivity index (χ0) is 18.3. The first-order valence-corrected chi connectivity index (χ1v) is 8.41. The van der Waals surface area contributed by atoms with Crippen molar-refractivity contribution in [2.45, 2.75) is 46.6 Å². The molecule has 24 heavy (non-hydrogen) atoms. The Morgan fingerprint density at radius 2 is 1.88 bits per heavy atom. The first-order valence-electron chi connectivity index (χ1n) is 8.41. The molecule has 5 heteroatoms. The van der Waals surface area contributed by atoms with Crippen molar-refractivity contribution in [2.75, 3.05) is 20.7 Å². The van der Waals surface area contributed by atoms with Crippen molar-refractivity contribution in [1.29, 1.82) is 0 Å². The van der Waals surface area contributed by atoms with Gasteiger partial charge in [-0.05, 0) is 37.8 Å². The fourth-order valence-corrected chi connectivity index (χ4v) is 2.49. The predicted octanol–water partition coefficient (Wildman–Crippen LogP) is 2.69. The van der Waals surface area contributed by atoms with Crippen LogP contribution in [0.2, 0.25) is 0 Å². The summed E-state index contributed by atoms with van der Waals surface area (Å²) >= 11 is 0. The van der Waals surface area contributed by atoms with Crippen molar-refractivity contribution in [2.24, 2.45) is 5.92 Å². The molecule has 0 heterocycles. The molecule has 0 radical (unpaired) electrons. The van der Waals surface area contributed by atoms with Crippen LogP contribution in [0.25, 0.3) is 0 Å². The second-order valence-corrected chi connectivity index (χ2v) is 6.85. The minimum Gasteiger partial charge on any atom is -0.493 e. The molecule has 1 unspecified atom stereocenters. The lowest BCUT2D eigenvalue weighted by Crippen LogP contribution is -2.47. The van der Waals surface area contributed by atoms with E-state index in [1.54, 1.807) is 14.1 Å². The van der Waals surface area contributed by atoms with Gasteiger partial charge >= 0.3 is 0 Å². The number of hydrogen-bond donors (Lipinski definition) is 1. The molecule has 0 aliphatic carbocycles. The van der Waals surface area contributed by atoms with Gasteiger partial charge in [-0.2, -0.15) is 0 Å². The molecule has 0 aliphatic rings. The molecular formula is C19H30N2O3. The van der Waals surface area contributed by atoms with Crippen LogP contribution in [0, 0.1) is 19.8 Å². The molecule has 134 valence electrons. The van der Waals surface area contributed by atoms with Gasteiger partial charge in [0.05, 0.1) is 13.0 Å². The topological polar surface area (TPSA) is 58.6 Å². The Bertz CT molecular complexity index is 568. The monoisotopic (exact) mass is 334 g/mol. The maximum atomic E-state index is 12.2. The number of nitrogens with zero attached hydrogens (tertiary/aromatic N) is 1. The van der Waals surface area contributed by atoms with Gasteiger partial charge in [-0.1, -0.05) is 31.5 Å². The summed E-state index contributed by atoms with van der Waals surface area (Å²) in [6.07, 6.45) is 0.850.